The zero-order chi connectivity index (χ0) is 18.8. The van der Waals surface area contributed by atoms with Crippen LogP contribution in [0.3, 0.4) is 0 Å². The topological polar surface area (TPSA) is 84.2 Å². The van der Waals surface area contributed by atoms with Gasteiger partial charge in [0.25, 0.3) is 5.91 Å². The zero-order valence-corrected chi connectivity index (χ0v) is 16.0. The fourth-order valence-corrected chi connectivity index (χ4v) is 3.89. The summed E-state index contributed by atoms with van der Waals surface area (Å²) in [4.78, 5) is 29.7. The van der Waals surface area contributed by atoms with Crippen molar-refractivity contribution < 1.29 is 14.0 Å². The van der Waals surface area contributed by atoms with Gasteiger partial charge in [-0.25, -0.2) is 4.98 Å². The predicted octanol–water partition coefficient (Wildman–Crippen LogP) is 3.78. The molecule has 3 aromatic rings. The maximum absolute atomic E-state index is 12.4. The van der Waals surface area contributed by atoms with E-state index in [1.165, 1.54) is 11.3 Å². The van der Waals surface area contributed by atoms with Gasteiger partial charge in [0.05, 0.1) is 10.7 Å². The summed E-state index contributed by atoms with van der Waals surface area (Å²) >= 11 is 1.35. The summed E-state index contributed by atoms with van der Waals surface area (Å²) in [5.41, 5.74) is 6.91. The van der Waals surface area contributed by atoms with Gasteiger partial charge in [-0.3, -0.25) is 20.4 Å². The standard InChI is InChI=1S/C19H21N3O3S/c1-10(2)9-15-20-12(4)17(26-15)19(24)22-21-18(23)16-11(3)13-7-5-6-8-14(13)25-16/h5-8,10H,9H2,1-4H3,(H,21,23)(H,22,24). The first-order valence-electron chi connectivity index (χ1n) is 8.42. The number of nitrogens with one attached hydrogen (secondary N) is 2. The number of hydrogen-bond acceptors (Lipinski definition) is 5. The van der Waals surface area contributed by atoms with Crippen LogP contribution < -0.4 is 10.9 Å². The summed E-state index contributed by atoms with van der Waals surface area (Å²) in [6, 6.07) is 7.42. The van der Waals surface area contributed by atoms with Crippen molar-refractivity contribution in [2.45, 2.75) is 34.1 Å². The summed E-state index contributed by atoms with van der Waals surface area (Å²) in [7, 11) is 0. The molecule has 0 aliphatic carbocycles. The van der Waals surface area contributed by atoms with Crippen molar-refractivity contribution in [3.8, 4) is 0 Å². The second-order valence-electron chi connectivity index (χ2n) is 6.58. The summed E-state index contributed by atoms with van der Waals surface area (Å²) in [6.45, 7) is 7.81. The third-order valence-electron chi connectivity index (χ3n) is 3.97. The number of rotatable bonds is 4. The highest BCUT2D eigenvalue weighted by molar-refractivity contribution is 7.13. The Hall–Kier alpha value is -2.67. The summed E-state index contributed by atoms with van der Waals surface area (Å²) in [6.07, 6.45) is 0.823. The lowest BCUT2D eigenvalue weighted by Gasteiger charge is -2.05. The van der Waals surface area contributed by atoms with Crippen LogP contribution in [0.2, 0.25) is 0 Å². The van der Waals surface area contributed by atoms with Crippen LogP contribution in [-0.2, 0) is 6.42 Å². The zero-order valence-electron chi connectivity index (χ0n) is 15.2. The minimum atomic E-state index is -0.489. The number of nitrogens with zero attached hydrogens (tertiary/aromatic N) is 1. The summed E-state index contributed by atoms with van der Waals surface area (Å²) < 4.78 is 5.60. The molecule has 0 aliphatic rings. The van der Waals surface area contributed by atoms with Crippen molar-refractivity contribution in [1.82, 2.24) is 15.8 Å². The van der Waals surface area contributed by atoms with E-state index in [2.05, 4.69) is 29.7 Å². The molecule has 2 heterocycles. The number of furan rings is 1. The Morgan fingerprint density at radius 2 is 1.85 bits per heavy atom. The molecule has 6 nitrogen and oxygen atoms in total. The van der Waals surface area contributed by atoms with Gasteiger partial charge < -0.3 is 4.42 Å². The van der Waals surface area contributed by atoms with Gasteiger partial charge in [0.1, 0.15) is 10.5 Å². The number of aromatic nitrogens is 1. The molecule has 0 unspecified atom stereocenters. The molecule has 1 aromatic carbocycles. The number of carbonyl (C=O) groups excluding carboxylic acids is 2. The molecule has 0 atom stereocenters. The van der Waals surface area contributed by atoms with Crippen molar-refractivity contribution in [1.29, 1.82) is 0 Å². The van der Waals surface area contributed by atoms with E-state index in [1.54, 1.807) is 13.0 Å². The van der Waals surface area contributed by atoms with Gasteiger partial charge in [0.2, 0.25) is 0 Å². The van der Waals surface area contributed by atoms with Gasteiger partial charge in [-0.2, -0.15) is 0 Å². The average molecular weight is 371 g/mol. The highest BCUT2D eigenvalue weighted by Gasteiger charge is 2.20. The van der Waals surface area contributed by atoms with E-state index in [9.17, 15) is 9.59 Å². The highest BCUT2D eigenvalue weighted by Crippen LogP contribution is 2.24. The number of hydrogen-bond donors (Lipinski definition) is 2. The molecule has 2 aromatic heterocycles. The maximum Gasteiger partial charge on any atom is 0.305 e. The normalized spacial score (nSPS) is 11.1. The monoisotopic (exact) mass is 371 g/mol. The van der Waals surface area contributed by atoms with E-state index in [-0.39, 0.29) is 11.7 Å². The van der Waals surface area contributed by atoms with Crippen LogP contribution in [-0.4, -0.2) is 16.8 Å². The average Bonchev–Trinajstić information content (AvgIpc) is 3.12. The Bertz CT molecular complexity index is 972. The summed E-state index contributed by atoms with van der Waals surface area (Å²) in [5.74, 6) is -0.214. The molecular weight excluding hydrogens is 350 g/mol. The molecule has 2 amide bonds. The number of amides is 2. The number of benzene rings is 1. The second kappa shape index (κ2) is 7.29. The van der Waals surface area contributed by atoms with Gasteiger partial charge in [0, 0.05) is 17.4 Å². The lowest BCUT2D eigenvalue weighted by Crippen LogP contribution is -2.41. The number of para-hydroxylation sites is 1. The molecule has 0 saturated carbocycles. The van der Waals surface area contributed by atoms with Crippen LogP contribution in [0.4, 0.5) is 0 Å². The Morgan fingerprint density at radius 1 is 1.15 bits per heavy atom. The van der Waals surface area contributed by atoms with Crippen LogP contribution in [0, 0.1) is 19.8 Å². The van der Waals surface area contributed by atoms with Gasteiger partial charge >= 0.3 is 5.91 Å². The highest BCUT2D eigenvalue weighted by atomic mass is 32.1. The molecule has 2 N–H and O–H groups in total. The van der Waals surface area contributed by atoms with Gasteiger partial charge in [-0.15, -0.1) is 11.3 Å². The number of hydrazine groups is 1. The molecule has 0 fully saturated rings. The first kappa shape index (κ1) is 18.1. The summed E-state index contributed by atoms with van der Waals surface area (Å²) in [5, 5.41) is 1.79. The first-order chi connectivity index (χ1) is 12.4. The molecule has 7 heteroatoms. The second-order valence-corrected chi connectivity index (χ2v) is 7.66. The van der Waals surface area contributed by atoms with E-state index in [0.717, 1.165) is 22.4 Å². The van der Waals surface area contributed by atoms with Crippen LogP contribution in [0.15, 0.2) is 28.7 Å². The predicted molar refractivity (Wildman–Crippen MR) is 101 cm³/mol. The largest absolute Gasteiger partial charge is 0.451 e. The third-order valence-corrected chi connectivity index (χ3v) is 5.15. The number of aryl methyl sites for hydroxylation is 2. The van der Waals surface area contributed by atoms with E-state index in [1.807, 2.05) is 25.1 Å². The Kier molecular flexibility index (Phi) is 5.08. The molecule has 0 aliphatic heterocycles. The van der Waals surface area contributed by atoms with E-state index >= 15 is 0 Å². The van der Waals surface area contributed by atoms with E-state index < -0.39 is 5.91 Å². The van der Waals surface area contributed by atoms with Crippen molar-refractivity contribution in [2.24, 2.45) is 5.92 Å². The molecule has 0 bridgehead atoms. The lowest BCUT2D eigenvalue weighted by atomic mass is 10.1. The third kappa shape index (κ3) is 3.62. The van der Waals surface area contributed by atoms with E-state index in [0.29, 0.717) is 22.1 Å². The fraction of sp³-hybridized carbons (Fsp3) is 0.316. The number of fused-ring (bicyclic) bond motifs is 1. The first-order valence-corrected chi connectivity index (χ1v) is 9.23. The number of carbonyl (C=O) groups is 2. The molecular formula is C19H21N3O3S. The van der Waals surface area contributed by atoms with Crippen LogP contribution in [0.1, 0.15) is 50.3 Å². The SMILES string of the molecule is Cc1nc(CC(C)C)sc1C(=O)NNC(=O)c1oc2ccccc2c1C. The lowest BCUT2D eigenvalue weighted by molar-refractivity contribution is 0.0833. The molecule has 3 rings (SSSR count). The van der Waals surface area contributed by atoms with Gasteiger partial charge in [0.15, 0.2) is 5.76 Å². The smallest absolute Gasteiger partial charge is 0.305 e. The van der Waals surface area contributed by atoms with Gasteiger partial charge in [-0.1, -0.05) is 32.0 Å². The molecule has 0 saturated heterocycles. The van der Waals surface area contributed by atoms with Crippen LogP contribution in [0.5, 0.6) is 0 Å². The molecule has 26 heavy (non-hydrogen) atoms. The molecule has 0 spiro atoms. The minimum Gasteiger partial charge on any atom is -0.451 e. The van der Waals surface area contributed by atoms with Crippen LogP contribution >= 0.6 is 11.3 Å². The Balaban J connectivity index is 1.70. The minimum absolute atomic E-state index is 0.188. The Morgan fingerprint density at radius 3 is 2.54 bits per heavy atom. The van der Waals surface area contributed by atoms with Crippen molar-refractivity contribution in [3.05, 3.63) is 51.2 Å². The quantitative estimate of drug-likeness (QED) is 0.684. The van der Waals surface area contributed by atoms with Crippen molar-refractivity contribution in [3.63, 3.8) is 0 Å². The van der Waals surface area contributed by atoms with Crippen molar-refractivity contribution in [2.75, 3.05) is 0 Å². The van der Waals surface area contributed by atoms with E-state index in [4.69, 9.17) is 4.42 Å². The molecule has 0 radical (unpaired) electrons. The fourth-order valence-electron chi connectivity index (χ4n) is 2.72. The Labute approximate surface area is 155 Å². The number of thiazole rings is 1. The molecule has 136 valence electrons. The van der Waals surface area contributed by atoms with Crippen LogP contribution in [0.25, 0.3) is 11.0 Å². The van der Waals surface area contributed by atoms with Gasteiger partial charge in [-0.05, 0) is 25.8 Å². The maximum atomic E-state index is 12.4. The van der Waals surface area contributed by atoms with Crippen molar-refractivity contribution >= 4 is 34.1 Å².